The van der Waals surface area contributed by atoms with Gasteiger partial charge in [0.25, 0.3) is 5.91 Å². The highest BCUT2D eigenvalue weighted by Crippen LogP contribution is 2.37. The second-order valence-corrected chi connectivity index (χ2v) is 7.95. The number of carbonyl (C=O) groups is 2. The van der Waals surface area contributed by atoms with E-state index < -0.39 is 46.9 Å². The highest BCUT2D eigenvalue weighted by Gasteiger charge is 2.42. The first-order chi connectivity index (χ1) is 15.7. The number of rotatable bonds is 4. The first-order valence-electron chi connectivity index (χ1n) is 8.96. The first kappa shape index (κ1) is 25.6. The summed E-state index contributed by atoms with van der Waals surface area (Å²) in [7, 11) is 0.924. The molecule has 1 aromatic heterocycles. The van der Waals surface area contributed by atoms with Gasteiger partial charge in [-0.05, 0) is 36.4 Å². The maximum absolute atomic E-state index is 13.4. The van der Waals surface area contributed by atoms with Crippen LogP contribution in [0.4, 0.5) is 32.0 Å². The normalized spacial score (nSPS) is 11.9. The molecule has 1 heterocycles. The molecule has 0 saturated heterocycles. The maximum Gasteiger partial charge on any atom is 0.435 e. The number of hydrogen-bond donors (Lipinski definition) is 1. The van der Waals surface area contributed by atoms with E-state index in [9.17, 15) is 35.9 Å². The molecule has 0 bridgehead atoms. The highest BCUT2D eigenvalue weighted by molar-refractivity contribution is 9.10. The topological polar surface area (TPSA) is 73.2 Å². The number of halogens is 8. The Kier molecular flexibility index (Phi) is 6.99. The van der Waals surface area contributed by atoms with E-state index in [1.165, 1.54) is 12.1 Å². The number of anilines is 1. The molecule has 0 aliphatic rings. The lowest BCUT2D eigenvalue weighted by atomic mass is 10.1. The number of methoxy groups -OCH3 is 1. The average molecular weight is 571 g/mol. The number of hydrogen-bond acceptors (Lipinski definition) is 4. The first-order valence-corrected chi connectivity index (χ1v) is 10.1. The molecule has 0 radical (unpaired) electrons. The van der Waals surface area contributed by atoms with Crippen LogP contribution in [-0.2, 0) is 17.1 Å². The molecule has 0 saturated carbocycles. The number of alkyl halides is 6. The lowest BCUT2D eigenvalue weighted by Gasteiger charge is -2.15. The third kappa shape index (κ3) is 5.36. The minimum absolute atomic E-state index is 0.0426. The molecule has 1 N–H and O–H groups in total. The van der Waals surface area contributed by atoms with Crippen LogP contribution in [0.15, 0.2) is 46.9 Å². The largest absolute Gasteiger partial charge is 0.465 e. The van der Waals surface area contributed by atoms with E-state index in [0.29, 0.717) is 4.47 Å². The zero-order valence-corrected chi connectivity index (χ0v) is 19.0. The lowest BCUT2D eigenvalue weighted by molar-refractivity contribution is -0.143. The van der Waals surface area contributed by atoms with E-state index in [1.807, 2.05) is 0 Å². The molecule has 0 fully saturated rings. The van der Waals surface area contributed by atoms with E-state index in [4.69, 9.17) is 11.6 Å². The monoisotopic (exact) mass is 569 g/mol. The third-order valence-electron chi connectivity index (χ3n) is 4.35. The zero-order valence-electron chi connectivity index (χ0n) is 16.7. The summed E-state index contributed by atoms with van der Waals surface area (Å²) in [6.45, 7) is 0. The van der Waals surface area contributed by atoms with Crippen LogP contribution in [0.3, 0.4) is 0 Å². The third-order valence-corrected chi connectivity index (χ3v) is 5.17. The molecule has 3 rings (SSSR count). The molecule has 6 nitrogen and oxygen atoms in total. The van der Waals surface area contributed by atoms with Crippen molar-refractivity contribution in [1.29, 1.82) is 0 Å². The van der Waals surface area contributed by atoms with Crippen molar-refractivity contribution in [2.45, 2.75) is 12.4 Å². The number of carbonyl (C=O) groups excluding carboxylic acids is 2. The van der Waals surface area contributed by atoms with Gasteiger partial charge in [-0.2, -0.15) is 31.4 Å². The van der Waals surface area contributed by atoms with Gasteiger partial charge in [0.2, 0.25) is 0 Å². The molecule has 0 atom stereocenters. The molecule has 14 heteroatoms. The van der Waals surface area contributed by atoms with Crippen molar-refractivity contribution in [3.63, 3.8) is 0 Å². The van der Waals surface area contributed by atoms with Crippen LogP contribution in [0.25, 0.3) is 5.69 Å². The fraction of sp³-hybridized carbons (Fsp3) is 0.150. The molecule has 3 aromatic rings. The van der Waals surface area contributed by atoms with Crippen LogP contribution in [-0.4, -0.2) is 28.8 Å². The van der Waals surface area contributed by atoms with E-state index in [-0.39, 0.29) is 27.0 Å². The number of nitrogens with one attached hydrogen (secondary N) is 1. The number of benzene rings is 2. The summed E-state index contributed by atoms with van der Waals surface area (Å²) in [6, 6.07) is 7.18. The molecule has 1 amide bonds. The Hall–Kier alpha value is -3.06. The van der Waals surface area contributed by atoms with Gasteiger partial charge in [0, 0.05) is 16.2 Å². The summed E-state index contributed by atoms with van der Waals surface area (Å²) in [6.07, 6.45) is -10.4. The van der Waals surface area contributed by atoms with Gasteiger partial charge in [0.15, 0.2) is 5.69 Å². The van der Waals surface area contributed by atoms with Gasteiger partial charge >= 0.3 is 18.3 Å². The predicted molar refractivity (Wildman–Crippen MR) is 112 cm³/mol. The van der Waals surface area contributed by atoms with Crippen molar-refractivity contribution in [1.82, 2.24) is 9.78 Å². The van der Waals surface area contributed by atoms with Gasteiger partial charge in [-0.3, -0.25) is 4.79 Å². The molecule has 34 heavy (non-hydrogen) atoms. The Morgan fingerprint density at radius 1 is 1.00 bits per heavy atom. The lowest BCUT2D eigenvalue weighted by Crippen LogP contribution is -2.18. The van der Waals surface area contributed by atoms with Crippen LogP contribution in [0.1, 0.15) is 32.1 Å². The average Bonchev–Trinajstić information content (AvgIpc) is 3.21. The molecule has 0 spiro atoms. The van der Waals surface area contributed by atoms with Gasteiger partial charge in [-0.25, -0.2) is 9.48 Å². The number of ether oxygens (including phenoxy) is 1. The second kappa shape index (κ2) is 9.29. The summed E-state index contributed by atoms with van der Waals surface area (Å²) in [4.78, 5) is 24.8. The van der Waals surface area contributed by atoms with E-state index in [2.05, 4.69) is 31.1 Å². The van der Waals surface area contributed by atoms with Crippen LogP contribution < -0.4 is 5.32 Å². The summed E-state index contributed by atoms with van der Waals surface area (Å²) >= 11 is 9.18. The van der Waals surface area contributed by atoms with E-state index in [1.54, 1.807) is 6.07 Å². The minimum atomic E-state index is -5.23. The van der Waals surface area contributed by atoms with Crippen LogP contribution >= 0.6 is 27.5 Å². The van der Waals surface area contributed by atoms with Crippen molar-refractivity contribution < 1.29 is 40.7 Å². The molecule has 0 aliphatic heterocycles. The van der Waals surface area contributed by atoms with Gasteiger partial charge in [0.05, 0.1) is 28.9 Å². The fourth-order valence-electron chi connectivity index (χ4n) is 2.85. The quantitative estimate of drug-likeness (QED) is 0.293. The number of amides is 1. The van der Waals surface area contributed by atoms with Crippen molar-refractivity contribution >= 4 is 45.1 Å². The van der Waals surface area contributed by atoms with Crippen molar-refractivity contribution in [3.05, 3.63) is 74.5 Å². The summed E-state index contributed by atoms with van der Waals surface area (Å²) in [5.74, 6) is -1.90. The smallest absolute Gasteiger partial charge is 0.435 e. The summed E-state index contributed by atoms with van der Waals surface area (Å²) in [5.41, 5.74) is -4.82. The van der Waals surface area contributed by atoms with Gasteiger partial charge in [-0.15, -0.1) is 0 Å². The Morgan fingerprint density at radius 3 is 2.26 bits per heavy atom. The minimum Gasteiger partial charge on any atom is -0.465 e. The Labute approximate surface area is 200 Å². The van der Waals surface area contributed by atoms with Crippen molar-refractivity contribution in [3.8, 4) is 5.69 Å². The molecule has 2 aromatic carbocycles. The molecule has 0 aliphatic carbocycles. The predicted octanol–water partition coefficient (Wildman–Crippen LogP) is 6.36. The number of aromatic nitrogens is 2. The number of esters is 1. The number of nitrogens with zero attached hydrogens (tertiary/aromatic N) is 2. The van der Waals surface area contributed by atoms with Crippen LogP contribution in [0.2, 0.25) is 5.02 Å². The Balaban J connectivity index is 2.11. The SMILES string of the molecule is COC(=O)c1cc(NC(=O)c2cc(Br)ccc2Cl)ccc1-n1nc(C(F)(F)F)cc1C(F)(F)F. The molecule has 180 valence electrons. The van der Waals surface area contributed by atoms with Crippen molar-refractivity contribution in [2.24, 2.45) is 0 Å². The van der Waals surface area contributed by atoms with Gasteiger partial charge < -0.3 is 10.1 Å². The summed E-state index contributed by atoms with van der Waals surface area (Å²) in [5, 5.41) is 5.52. The second-order valence-electron chi connectivity index (χ2n) is 6.62. The van der Waals surface area contributed by atoms with E-state index in [0.717, 1.165) is 25.3 Å². The highest BCUT2D eigenvalue weighted by atomic mass is 79.9. The van der Waals surface area contributed by atoms with Crippen LogP contribution in [0.5, 0.6) is 0 Å². The molecular formula is C20H11BrClF6N3O3. The fourth-order valence-corrected chi connectivity index (χ4v) is 3.41. The van der Waals surface area contributed by atoms with Gasteiger partial charge in [0.1, 0.15) is 5.69 Å². The Morgan fingerprint density at radius 2 is 1.68 bits per heavy atom. The zero-order chi connectivity index (χ0) is 25.4. The summed E-state index contributed by atoms with van der Waals surface area (Å²) < 4.78 is 84.5. The standard InChI is InChI=1S/C20H11BrClF6N3O3/c1-34-18(33)12-7-10(29-17(32)11-6-9(21)2-4-13(11)22)3-5-14(12)31-16(20(26,27)28)8-15(30-31)19(23,24)25/h2-8H,1H3,(H,29,32). The molecular weight excluding hydrogens is 560 g/mol. The maximum atomic E-state index is 13.4. The van der Waals surface area contributed by atoms with Crippen molar-refractivity contribution in [2.75, 3.05) is 12.4 Å². The van der Waals surface area contributed by atoms with Crippen LogP contribution in [0, 0.1) is 0 Å². The Bertz CT molecular complexity index is 1270. The van der Waals surface area contributed by atoms with E-state index >= 15 is 0 Å². The van der Waals surface area contributed by atoms with Gasteiger partial charge in [-0.1, -0.05) is 27.5 Å². The molecule has 0 unspecified atom stereocenters.